The van der Waals surface area contributed by atoms with Gasteiger partial charge in [0.25, 0.3) is 0 Å². The molecule has 1 fully saturated rings. The van der Waals surface area contributed by atoms with Gasteiger partial charge in [-0.25, -0.2) is 0 Å². The van der Waals surface area contributed by atoms with Gasteiger partial charge in [0, 0.05) is 12.5 Å². The predicted octanol–water partition coefficient (Wildman–Crippen LogP) is 3.02. The third-order valence-corrected chi connectivity index (χ3v) is 4.23. The van der Waals surface area contributed by atoms with Crippen LogP contribution < -0.4 is 15.4 Å². The molecule has 0 spiro atoms. The molecule has 2 N–H and O–H groups in total. The molecule has 1 aliphatic heterocycles. The fourth-order valence-electron chi connectivity index (χ4n) is 2.28. The minimum Gasteiger partial charge on any atom is -0.492 e. The fourth-order valence-corrected chi connectivity index (χ4v) is 2.62. The second kappa shape index (κ2) is 8.47. The number of carbonyl (C=O) groups excluding carboxylic acids is 1. The molecule has 0 aromatic heterocycles. The van der Waals surface area contributed by atoms with Crippen molar-refractivity contribution in [2.75, 3.05) is 19.7 Å². The number of halogens is 2. The molecule has 1 aromatic carbocycles. The molecule has 21 heavy (non-hydrogen) atoms. The average Bonchev–Trinajstić information content (AvgIpc) is 2.49. The third-order valence-electron chi connectivity index (χ3n) is 3.43. The van der Waals surface area contributed by atoms with Crippen molar-refractivity contribution in [3.05, 3.63) is 28.2 Å². The summed E-state index contributed by atoms with van der Waals surface area (Å²) in [6.45, 7) is 2.39. The number of hydrogen-bond acceptors (Lipinski definition) is 3. The first-order valence-corrected chi connectivity index (χ1v) is 7.99. The highest BCUT2D eigenvalue weighted by atomic mass is 35.5. The first-order valence-electron chi connectivity index (χ1n) is 7.23. The van der Waals surface area contributed by atoms with Crippen LogP contribution in [0.3, 0.4) is 0 Å². The van der Waals surface area contributed by atoms with Gasteiger partial charge in [-0.1, -0.05) is 29.3 Å². The molecular weight excluding hydrogens is 311 g/mol. The Bertz CT molecular complexity index is 477. The summed E-state index contributed by atoms with van der Waals surface area (Å²) < 4.78 is 5.55. The van der Waals surface area contributed by atoms with Crippen LogP contribution in [0.2, 0.25) is 10.0 Å². The highest BCUT2D eigenvalue weighted by Gasteiger charge is 2.15. The van der Waals surface area contributed by atoms with Crippen LogP contribution in [0.4, 0.5) is 0 Å². The van der Waals surface area contributed by atoms with Gasteiger partial charge >= 0.3 is 0 Å². The number of rotatable bonds is 6. The molecule has 4 nitrogen and oxygen atoms in total. The Morgan fingerprint density at radius 2 is 2.10 bits per heavy atom. The quantitative estimate of drug-likeness (QED) is 0.788. The molecule has 1 aliphatic rings. The molecule has 0 bridgehead atoms. The van der Waals surface area contributed by atoms with Gasteiger partial charge in [-0.2, -0.15) is 0 Å². The van der Waals surface area contributed by atoms with E-state index in [1.165, 1.54) is 0 Å². The molecule has 0 atom stereocenters. The monoisotopic (exact) mass is 330 g/mol. The number of amides is 1. The minimum atomic E-state index is 0.0858. The van der Waals surface area contributed by atoms with Gasteiger partial charge in [0.15, 0.2) is 0 Å². The summed E-state index contributed by atoms with van der Waals surface area (Å²) in [6.07, 6.45) is 3.11. The van der Waals surface area contributed by atoms with E-state index in [9.17, 15) is 4.79 Å². The summed E-state index contributed by atoms with van der Waals surface area (Å²) in [7, 11) is 0. The van der Waals surface area contributed by atoms with Crippen LogP contribution in [0, 0.1) is 0 Å². The maximum atomic E-state index is 11.8. The zero-order valence-corrected chi connectivity index (χ0v) is 13.3. The van der Waals surface area contributed by atoms with E-state index in [0.717, 1.165) is 25.9 Å². The number of benzene rings is 1. The molecule has 1 saturated heterocycles. The molecular formula is C15H20Cl2N2O2. The topological polar surface area (TPSA) is 50.4 Å². The Balaban J connectivity index is 1.65. The summed E-state index contributed by atoms with van der Waals surface area (Å²) in [4.78, 5) is 11.8. The van der Waals surface area contributed by atoms with Gasteiger partial charge in [-0.05, 0) is 44.5 Å². The van der Waals surface area contributed by atoms with Crippen molar-refractivity contribution >= 4 is 29.1 Å². The van der Waals surface area contributed by atoms with Crippen LogP contribution in [-0.2, 0) is 4.79 Å². The van der Waals surface area contributed by atoms with E-state index in [2.05, 4.69) is 10.6 Å². The van der Waals surface area contributed by atoms with Crippen molar-refractivity contribution in [1.29, 1.82) is 0 Å². The van der Waals surface area contributed by atoms with Gasteiger partial charge in [0.1, 0.15) is 10.8 Å². The van der Waals surface area contributed by atoms with Gasteiger partial charge in [0.2, 0.25) is 5.91 Å². The Hall–Kier alpha value is -0.970. The zero-order chi connectivity index (χ0) is 15.1. The second-order valence-electron chi connectivity index (χ2n) is 5.10. The van der Waals surface area contributed by atoms with Gasteiger partial charge in [-0.3, -0.25) is 4.79 Å². The first kappa shape index (κ1) is 16.4. The van der Waals surface area contributed by atoms with Crippen LogP contribution in [-0.4, -0.2) is 31.6 Å². The summed E-state index contributed by atoms with van der Waals surface area (Å²) >= 11 is 11.9. The summed E-state index contributed by atoms with van der Waals surface area (Å²) in [5, 5.41) is 7.22. The smallest absolute Gasteiger partial charge is 0.220 e. The fraction of sp³-hybridized carbons (Fsp3) is 0.533. The lowest BCUT2D eigenvalue weighted by atomic mass is 10.1. The van der Waals surface area contributed by atoms with Crippen molar-refractivity contribution in [3.63, 3.8) is 0 Å². The lowest BCUT2D eigenvalue weighted by Gasteiger charge is -2.23. The molecule has 1 heterocycles. The third kappa shape index (κ3) is 5.38. The van der Waals surface area contributed by atoms with Gasteiger partial charge in [0.05, 0.1) is 11.6 Å². The second-order valence-corrected chi connectivity index (χ2v) is 5.88. The summed E-state index contributed by atoms with van der Waals surface area (Å²) in [5.74, 6) is 0.644. The van der Waals surface area contributed by atoms with E-state index >= 15 is 0 Å². The lowest BCUT2D eigenvalue weighted by Crippen LogP contribution is -2.42. The predicted molar refractivity (Wildman–Crippen MR) is 85.2 cm³/mol. The highest BCUT2D eigenvalue weighted by Crippen LogP contribution is 2.31. The van der Waals surface area contributed by atoms with Crippen LogP contribution in [0.1, 0.15) is 25.7 Å². The Kier molecular flexibility index (Phi) is 6.61. The lowest BCUT2D eigenvalue weighted by molar-refractivity contribution is -0.122. The number of hydrogen-bond donors (Lipinski definition) is 2. The average molecular weight is 331 g/mol. The molecule has 6 heteroatoms. The number of nitrogens with one attached hydrogen (secondary N) is 2. The molecule has 2 rings (SSSR count). The molecule has 0 radical (unpaired) electrons. The van der Waals surface area contributed by atoms with Crippen molar-refractivity contribution in [3.8, 4) is 5.75 Å². The standard InChI is InChI=1S/C15H20Cl2N2O2/c16-12-3-1-4-13(15(12)17)21-10-2-5-14(20)19-11-6-8-18-9-7-11/h1,3-4,11,18H,2,5-10H2,(H,19,20). The van der Waals surface area contributed by atoms with E-state index in [0.29, 0.717) is 41.3 Å². The summed E-state index contributed by atoms with van der Waals surface area (Å²) in [5.41, 5.74) is 0. The molecule has 1 aromatic rings. The van der Waals surface area contributed by atoms with E-state index in [4.69, 9.17) is 27.9 Å². The summed E-state index contributed by atoms with van der Waals surface area (Å²) in [6, 6.07) is 5.57. The molecule has 0 aliphatic carbocycles. The SMILES string of the molecule is O=C(CCCOc1cccc(Cl)c1Cl)NC1CCNCC1. The maximum Gasteiger partial charge on any atom is 0.220 e. The van der Waals surface area contributed by atoms with Crippen LogP contribution in [0.25, 0.3) is 0 Å². The molecule has 116 valence electrons. The Labute approximate surface area is 135 Å². The highest BCUT2D eigenvalue weighted by molar-refractivity contribution is 6.42. The van der Waals surface area contributed by atoms with Crippen molar-refractivity contribution < 1.29 is 9.53 Å². The normalized spacial score (nSPS) is 15.7. The van der Waals surface area contributed by atoms with Gasteiger partial charge < -0.3 is 15.4 Å². The Morgan fingerprint density at radius 1 is 1.33 bits per heavy atom. The largest absolute Gasteiger partial charge is 0.492 e. The number of carbonyl (C=O) groups is 1. The molecule has 0 unspecified atom stereocenters. The first-order chi connectivity index (χ1) is 10.2. The van der Waals surface area contributed by atoms with Crippen molar-refractivity contribution in [2.24, 2.45) is 0 Å². The minimum absolute atomic E-state index is 0.0858. The van der Waals surface area contributed by atoms with Crippen molar-refractivity contribution in [2.45, 2.75) is 31.7 Å². The number of ether oxygens (including phenoxy) is 1. The number of piperidine rings is 1. The van der Waals surface area contributed by atoms with Crippen LogP contribution in [0.15, 0.2) is 18.2 Å². The zero-order valence-electron chi connectivity index (χ0n) is 11.8. The van der Waals surface area contributed by atoms with Gasteiger partial charge in [-0.15, -0.1) is 0 Å². The van der Waals surface area contributed by atoms with E-state index in [1.807, 2.05) is 0 Å². The molecule has 1 amide bonds. The van der Waals surface area contributed by atoms with Crippen LogP contribution in [0.5, 0.6) is 5.75 Å². The van der Waals surface area contributed by atoms with Crippen molar-refractivity contribution in [1.82, 2.24) is 10.6 Å². The van der Waals surface area contributed by atoms with E-state index in [-0.39, 0.29) is 5.91 Å². The van der Waals surface area contributed by atoms with Crippen LogP contribution >= 0.6 is 23.2 Å². The Morgan fingerprint density at radius 3 is 2.86 bits per heavy atom. The maximum absolute atomic E-state index is 11.8. The van der Waals surface area contributed by atoms with E-state index in [1.54, 1.807) is 18.2 Å². The molecule has 0 saturated carbocycles. The van der Waals surface area contributed by atoms with E-state index < -0.39 is 0 Å².